The second-order valence-corrected chi connectivity index (χ2v) is 13.6. The molecule has 0 fully saturated rings. The van der Waals surface area contributed by atoms with Gasteiger partial charge in [0.15, 0.2) is 0 Å². The van der Waals surface area contributed by atoms with E-state index in [2.05, 4.69) is 174 Å². The Hall–Kier alpha value is -6.78. The number of fused-ring (bicyclic) bond motifs is 7. The molecule has 0 aliphatic carbocycles. The Balaban J connectivity index is 1.09. The molecule has 2 aliphatic rings. The molecule has 0 radical (unpaired) electrons. The Bertz CT molecular complexity index is 2820. The van der Waals surface area contributed by atoms with Crippen molar-refractivity contribution in [1.82, 2.24) is 4.57 Å². The lowest BCUT2D eigenvalue weighted by atomic mass is 9.50. The summed E-state index contributed by atoms with van der Waals surface area (Å²) in [7, 11) is 0. The van der Waals surface area contributed by atoms with Gasteiger partial charge in [-0.15, -0.1) is 0 Å². The Morgan fingerprint density at radius 2 is 1.04 bits per heavy atom. The molecule has 11 rings (SSSR count). The Morgan fingerprint density at radius 3 is 1.85 bits per heavy atom. The Kier molecular flexibility index (Phi) is 6.35. The van der Waals surface area contributed by atoms with E-state index in [0.29, 0.717) is 0 Å². The molecule has 1 aromatic heterocycles. The lowest BCUT2D eigenvalue weighted by Gasteiger charge is -2.33. The standard InChI is InChI=1S/C48H30BNO2/c1-2-13-31(14-3-1)36-17-4-5-18-37(36)33-25-26-40-41-28-34(30-47-48(41)49(52-46(40)29-33)42-21-8-11-24-45(42)51-47)32-15-12-16-35(27-32)50-43-22-9-6-19-38(43)39-20-7-10-23-44(39)50/h1-30H. The summed E-state index contributed by atoms with van der Waals surface area (Å²) in [5.74, 6) is 2.54. The van der Waals surface area contributed by atoms with E-state index < -0.39 is 0 Å². The average Bonchev–Trinajstić information content (AvgIpc) is 3.55. The van der Waals surface area contributed by atoms with Crippen LogP contribution in [0.1, 0.15) is 0 Å². The third kappa shape index (κ3) is 4.41. The molecule has 2 aliphatic heterocycles. The predicted molar refractivity (Wildman–Crippen MR) is 215 cm³/mol. The van der Waals surface area contributed by atoms with Gasteiger partial charge in [0, 0.05) is 32.9 Å². The minimum Gasteiger partial charge on any atom is -0.551 e. The fourth-order valence-electron chi connectivity index (χ4n) is 8.32. The molecule has 242 valence electrons. The summed E-state index contributed by atoms with van der Waals surface area (Å²) in [6.07, 6.45) is 0. The van der Waals surface area contributed by atoms with Crippen LogP contribution < -0.4 is 20.3 Å². The van der Waals surface area contributed by atoms with E-state index in [0.717, 1.165) is 61.7 Å². The molecule has 8 aromatic carbocycles. The SMILES string of the molecule is c1ccc(-c2ccccc2-c2ccc3c(c2)OB2c4ccccc4Oc4cc(-c5cccc(-n6c7ccccc7c7ccccc76)c5)cc-3c42)cc1. The highest BCUT2D eigenvalue weighted by atomic mass is 16.5. The quantitative estimate of drug-likeness (QED) is 0.175. The van der Waals surface area contributed by atoms with Crippen molar-refractivity contribution in [1.29, 1.82) is 0 Å². The van der Waals surface area contributed by atoms with Crippen LogP contribution in [-0.4, -0.2) is 11.5 Å². The van der Waals surface area contributed by atoms with Crippen LogP contribution in [0.5, 0.6) is 17.2 Å². The van der Waals surface area contributed by atoms with Gasteiger partial charge < -0.3 is 14.0 Å². The molecule has 0 unspecified atom stereocenters. The van der Waals surface area contributed by atoms with Crippen molar-refractivity contribution in [2.75, 3.05) is 0 Å². The van der Waals surface area contributed by atoms with E-state index in [9.17, 15) is 0 Å². The van der Waals surface area contributed by atoms with Gasteiger partial charge in [0.25, 0.3) is 0 Å². The van der Waals surface area contributed by atoms with Crippen LogP contribution in [0, 0.1) is 0 Å². The van der Waals surface area contributed by atoms with Crippen LogP contribution in [0.3, 0.4) is 0 Å². The first-order valence-corrected chi connectivity index (χ1v) is 17.8. The first-order valence-electron chi connectivity index (χ1n) is 17.8. The summed E-state index contributed by atoms with van der Waals surface area (Å²) in [5, 5.41) is 2.50. The van der Waals surface area contributed by atoms with E-state index in [1.165, 1.54) is 38.5 Å². The first-order chi connectivity index (χ1) is 25.8. The summed E-state index contributed by atoms with van der Waals surface area (Å²) in [5.41, 5.74) is 14.7. The molecular formula is C48H30BNO2. The minimum absolute atomic E-state index is 0.278. The smallest absolute Gasteiger partial charge is 0.434 e. The summed E-state index contributed by atoms with van der Waals surface area (Å²) in [6.45, 7) is -0.278. The van der Waals surface area contributed by atoms with Crippen molar-refractivity contribution >= 4 is 39.6 Å². The highest BCUT2D eigenvalue weighted by Gasteiger charge is 2.41. The van der Waals surface area contributed by atoms with Gasteiger partial charge in [-0.3, -0.25) is 0 Å². The van der Waals surface area contributed by atoms with Crippen molar-refractivity contribution in [2.24, 2.45) is 0 Å². The zero-order valence-electron chi connectivity index (χ0n) is 28.2. The number of hydrogen-bond donors (Lipinski definition) is 0. The molecule has 0 atom stereocenters. The molecule has 0 saturated heterocycles. The van der Waals surface area contributed by atoms with Gasteiger partial charge in [-0.2, -0.15) is 0 Å². The third-order valence-corrected chi connectivity index (χ3v) is 10.7. The molecule has 3 heterocycles. The maximum atomic E-state index is 6.99. The largest absolute Gasteiger partial charge is 0.551 e. The highest BCUT2D eigenvalue weighted by Crippen LogP contribution is 2.44. The van der Waals surface area contributed by atoms with Crippen LogP contribution >= 0.6 is 0 Å². The normalized spacial score (nSPS) is 12.5. The zero-order valence-corrected chi connectivity index (χ0v) is 28.2. The lowest BCUT2D eigenvalue weighted by molar-refractivity contribution is 0.479. The Labute approximate surface area is 302 Å². The maximum Gasteiger partial charge on any atom is 0.434 e. The zero-order chi connectivity index (χ0) is 34.2. The second-order valence-electron chi connectivity index (χ2n) is 13.6. The summed E-state index contributed by atoms with van der Waals surface area (Å²) < 4.78 is 16.1. The van der Waals surface area contributed by atoms with Gasteiger partial charge in [0.2, 0.25) is 0 Å². The third-order valence-electron chi connectivity index (χ3n) is 10.7. The minimum atomic E-state index is -0.278. The summed E-state index contributed by atoms with van der Waals surface area (Å²) in [6, 6.07) is 64.8. The van der Waals surface area contributed by atoms with Crippen molar-refractivity contribution in [3.05, 3.63) is 182 Å². The van der Waals surface area contributed by atoms with Crippen molar-refractivity contribution in [3.8, 4) is 67.4 Å². The molecule has 0 saturated carbocycles. The van der Waals surface area contributed by atoms with Gasteiger partial charge >= 0.3 is 6.92 Å². The summed E-state index contributed by atoms with van der Waals surface area (Å²) in [4.78, 5) is 0. The second kappa shape index (κ2) is 11.4. The molecule has 0 bridgehead atoms. The molecule has 52 heavy (non-hydrogen) atoms. The van der Waals surface area contributed by atoms with E-state index >= 15 is 0 Å². The fourth-order valence-corrected chi connectivity index (χ4v) is 8.32. The fraction of sp³-hybridized carbons (Fsp3) is 0. The van der Waals surface area contributed by atoms with E-state index in [-0.39, 0.29) is 6.92 Å². The van der Waals surface area contributed by atoms with E-state index in [1.54, 1.807) is 0 Å². The molecule has 0 N–H and O–H groups in total. The molecule has 3 nitrogen and oxygen atoms in total. The van der Waals surface area contributed by atoms with Crippen LogP contribution in [0.2, 0.25) is 0 Å². The van der Waals surface area contributed by atoms with E-state index in [1.807, 2.05) is 12.1 Å². The number of hydrogen-bond acceptors (Lipinski definition) is 2. The first kappa shape index (κ1) is 29.0. The predicted octanol–water partition coefficient (Wildman–Crippen LogP) is 11.1. The van der Waals surface area contributed by atoms with Gasteiger partial charge in [0.1, 0.15) is 17.2 Å². The number of nitrogens with zero attached hydrogens (tertiary/aromatic N) is 1. The van der Waals surface area contributed by atoms with Gasteiger partial charge in [-0.1, -0.05) is 133 Å². The number of aromatic nitrogens is 1. The van der Waals surface area contributed by atoms with Gasteiger partial charge in [-0.25, -0.2) is 0 Å². The number of ether oxygens (including phenoxy) is 1. The van der Waals surface area contributed by atoms with Crippen LogP contribution in [0.25, 0.3) is 72.0 Å². The van der Waals surface area contributed by atoms with Gasteiger partial charge in [-0.05, 0) is 87.5 Å². The van der Waals surface area contributed by atoms with Crippen LogP contribution in [0.15, 0.2) is 182 Å². The lowest BCUT2D eigenvalue weighted by Crippen LogP contribution is -2.53. The number of benzene rings is 8. The van der Waals surface area contributed by atoms with E-state index in [4.69, 9.17) is 9.39 Å². The topological polar surface area (TPSA) is 23.4 Å². The van der Waals surface area contributed by atoms with Gasteiger partial charge in [0.05, 0.1) is 11.0 Å². The number of para-hydroxylation sites is 3. The van der Waals surface area contributed by atoms with Crippen LogP contribution in [-0.2, 0) is 0 Å². The molecule has 0 amide bonds. The molecule has 4 heteroatoms. The van der Waals surface area contributed by atoms with Crippen molar-refractivity contribution in [3.63, 3.8) is 0 Å². The molecule has 9 aromatic rings. The molecular weight excluding hydrogens is 633 g/mol. The van der Waals surface area contributed by atoms with Crippen molar-refractivity contribution < 1.29 is 9.39 Å². The average molecular weight is 664 g/mol. The van der Waals surface area contributed by atoms with Crippen molar-refractivity contribution in [2.45, 2.75) is 0 Å². The Morgan fingerprint density at radius 1 is 0.385 bits per heavy atom. The maximum absolute atomic E-state index is 6.99. The highest BCUT2D eigenvalue weighted by molar-refractivity contribution is 6.84. The van der Waals surface area contributed by atoms with Crippen LogP contribution in [0.4, 0.5) is 0 Å². The number of rotatable bonds is 4. The monoisotopic (exact) mass is 663 g/mol. The summed E-state index contributed by atoms with van der Waals surface area (Å²) >= 11 is 0. The molecule has 0 spiro atoms.